The van der Waals surface area contributed by atoms with Crippen LogP contribution in [0.2, 0.25) is 0 Å². The van der Waals surface area contributed by atoms with Crippen LogP contribution in [0.25, 0.3) is 0 Å². The molecular formula is C16H22N2O2. The SMILES string of the molecule is CCCOc1ccc(C(C)NCc2cc(C)on2)cc1. The summed E-state index contributed by atoms with van der Waals surface area (Å²) in [5.41, 5.74) is 2.16. The number of hydrogen-bond donors (Lipinski definition) is 1. The highest BCUT2D eigenvalue weighted by Crippen LogP contribution is 2.18. The van der Waals surface area contributed by atoms with E-state index in [0.717, 1.165) is 30.2 Å². The van der Waals surface area contributed by atoms with Gasteiger partial charge in [-0.05, 0) is 38.0 Å². The summed E-state index contributed by atoms with van der Waals surface area (Å²) in [5, 5.41) is 7.40. The normalized spacial score (nSPS) is 12.3. The van der Waals surface area contributed by atoms with Crippen LogP contribution in [0.3, 0.4) is 0 Å². The van der Waals surface area contributed by atoms with Crippen LogP contribution in [0.15, 0.2) is 34.9 Å². The van der Waals surface area contributed by atoms with Gasteiger partial charge in [0, 0.05) is 18.7 Å². The topological polar surface area (TPSA) is 47.3 Å². The van der Waals surface area contributed by atoms with Gasteiger partial charge in [0.15, 0.2) is 0 Å². The lowest BCUT2D eigenvalue weighted by Crippen LogP contribution is -2.18. The monoisotopic (exact) mass is 274 g/mol. The zero-order valence-electron chi connectivity index (χ0n) is 12.3. The van der Waals surface area contributed by atoms with Crippen molar-refractivity contribution in [1.29, 1.82) is 0 Å². The fourth-order valence-electron chi connectivity index (χ4n) is 1.95. The maximum Gasteiger partial charge on any atom is 0.133 e. The van der Waals surface area contributed by atoms with E-state index in [1.807, 2.05) is 25.1 Å². The lowest BCUT2D eigenvalue weighted by molar-refractivity contribution is 0.317. The molecule has 0 amide bonds. The molecule has 0 fully saturated rings. The molecule has 4 heteroatoms. The van der Waals surface area contributed by atoms with E-state index in [9.17, 15) is 0 Å². The van der Waals surface area contributed by atoms with Gasteiger partial charge >= 0.3 is 0 Å². The van der Waals surface area contributed by atoms with Crippen LogP contribution in [-0.2, 0) is 6.54 Å². The third-order valence-corrected chi connectivity index (χ3v) is 3.12. The third-order valence-electron chi connectivity index (χ3n) is 3.12. The Bertz CT molecular complexity index is 520. The van der Waals surface area contributed by atoms with E-state index in [1.54, 1.807) is 0 Å². The summed E-state index contributed by atoms with van der Waals surface area (Å²) in [7, 11) is 0. The van der Waals surface area contributed by atoms with E-state index in [4.69, 9.17) is 9.26 Å². The molecule has 0 bridgehead atoms. The van der Waals surface area contributed by atoms with E-state index in [0.29, 0.717) is 6.54 Å². The van der Waals surface area contributed by atoms with Crippen molar-refractivity contribution < 1.29 is 9.26 Å². The second kappa shape index (κ2) is 7.10. The Kier molecular flexibility index (Phi) is 5.18. The zero-order valence-corrected chi connectivity index (χ0v) is 12.3. The second-order valence-corrected chi connectivity index (χ2v) is 4.95. The molecule has 0 aliphatic carbocycles. The van der Waals surface area contributed by atoms with Crippen molar-refractivity contribution in [1.82, 2.24) is 10.5 Å². The first-order valence-corrected chi connectivity index (χ1v) is 7.07. The van der Waals surface area contributed by atoms with Crippen LogP contribution in [-0.4, -0.2) is 11.8 Å². The Hall–Kier alpha value is -1.81. The van der Waals surface area contributed by atoms with Gasteiger partial charge in [-0.3, -0.25) is 0 Å². The van der Waals surface area contributed by atoms with Crippen molar-refractivity contribution in [2.24, 2.45) is 0 Å². The predicted molar refractivity (Wildman–Crippen MR) is 78.7 cm³/mol. The first-order chi connectivity index (χ1) is 9.69. The molecule has 1 aromatic heterocycles. The van der Waals surface area contributed by atoms with Crippen molar-refractivity contribution in [3.8, 4) is 5.75 Å². The molecule has 0 saturated carbocycles. The number of nitrogens with zero attached hydrogens (tertiary/aromatic N) is 1. The Labute approximate surface area is 120 Å². The fraction of sp³-hybridized carbons (Fsp3) is 0.438. The number of aryl methyl sites for hydroxylation is 1. The number of aromatic nitrogens is 1. The van der Waals surface area contributed by atoms with Crippen LogP contribution in [0.1, 0.15) is 43.3 Å². The molecule has 20 heavy (non-hydrogen) atoms. The Balaban J connectivity index is 1.86. The molecule has 0 aliphatic rings. The first kappa shape index (κ1) is 14.6. The van der Waals surface area contributed by atoms with Gasteiger partial charge in [0.25, 0.3) is 0 Å². The highest BCUT2D eigenvalue weighted by molar-refractivity contribution is 5.29. The summed E-state index contributed by atoms with van der Waals surface area (Å²) in [6, 6.07) is 10.4. The summed E-state index contributed by atoms with van der Waals surface area (Å²) in [5.74, 6) is 1.77. The minimum absolute atomic E-state index is 0.257. The zero-order chi connectivity index (χ0) is 14.4. The van der Waals surface area contributed by atoms with Crippen molar-refractivity contribution in [2.45, 2.75) is 39.8 Å². The maximum absolute atomic E-state index is 5.58. The number of nitrogens with one attached hydrogen (secondary N) is 1. The quantitative estimate of drug-likeness (QED) is 0.837. The molecule has 108 valence electrons. The van der Waals surface area contributed by atoms with Crippen molar-refractivity contribution in [3.63, 3.8) is 0 Å². The van der Waals surface area contributed by atoms with E-state index < -0.39 is 0 Å². The van der Waals surface area contributed by atoms with Crippen LogP contribution < -0.4 is 10.1 Å². The van der Waals surface area contributed by atoms with Crippen molar-refractivity contribution in [3.05, 3.63) is 47.3 Å². The molecule has 1 aromatic carbocycles. The maximum atomic E-state index is 5.58. The van der Waals surface area contributed by atoms with Gasteiger partial charge in [0.2, 0.25) is 0 Å². The van der Waals surface area contributed by atoms with Gasteiger partial charge in [-0.15, -0.1) is 0 Å². The molecule has 1 atom stereocenters. The molecule has 1 unspecified atom stereocenters. The predicted octanol–water partition coefficient (Wildman–Crippen LogP) is 3.62. The van der Waals surface area contributed by atoms with Crippen molar-refractivity contribution >= 4 is 0 Å². The lowest BCUT2D eigenvalue weighted by atomic mass is 10.1. The summed E-state index contributed by atoms with van der Waals surface area (Å²) in [4.78, 5) is 0. The second-order valence-electron chi connectivity index (χ2n) is 4.95. The summed E-state index contributed by atoms with van der Waals surface area (Å²) in [6.45, 7) is 7.60. The third kappa shape index (κ3) is 4.10. The molecule has 4 nitrogen and oxygen atoms in total. The summed E-state index contributed by atoms with van der Waals surface area (Å²) in [6.07, 6.45) is 1.02. The Morgan fingerprint density at radius 1 is 1.30 bits per heavy atom. The molecule has 1 heterocycles. The van der Waals surface area contributed by atoms with Gasteiger partial charge < -0.3 is 14.6 Å². The summed E-state index contributed by atoms with van der Waals surface area (Å²) < 4.78 is 10.6. The number of ether oxygens (including phenoxy) is 1. The molecule has 2 rings (SSSR count). The molecule has 0 radical (unpaired) electrons. The van der Waals surface area contributed by atoms with Crippen molar-refractivity contribution in [2.75, 3.05) is 6.61 Å². The Morgan fingerprint density at radius 3 is 2.65 bits per heavy atom. The smallest absolute Gasteiger partial charge is 0.133 e. The standard InChI is InChI=1S/C16H22N2O2/c1-4-9-19-16-7-5-14(6-8-16)13(3)17-11-15-10-12(2)20-18-15/h5-8,10,13,17H,4,9,11H2,1-3H3. The van der Waals surface area contributed by atoms with Gasteiger partial charge in [0.1, 0.15) is 11.5 Å². The lowest BCUT2D eigenvalue weighted by Gasteiger charge is -2.14. The molecule has 0 saturated heterocycles. The van der Waals surface area contributed by atoms with E-state index in [-0.39, 0.29) is 6.04 Å². The highest BCUT2D eigenvalue weighted by Gasteiger charge is 2.07. The highest BCUT2D eigenvalue weighted by atomic mass is 16.5. The molecule has 2 aromatic rings. The van der Waals surface area contributed by atoms with Gasteiger partial charge in [-0.25, -0.2) is 0 Å². The van der Waals surface area contributed by atoms with Gasteiger partial charge in [-0.2, -0.15) is 0 Å². The molecule has 0 aliphatic heterocycles. The average Bonchev–Trinajstić information content (AvgIpc) is 2.89. The minimum atomic E-state index is 0.257. The molecular weight excluding hydrogens is 252 g/mol. The van der Waals surface area contributed by atoms with Crippen LogP contribution in [0.5, 0.6) is 5.75 Å². The van der Waals surface area contributed by atoms with Crippen LogP contribution in [0, 0.1) is 6.92 Å². The van der Waals surface area contributed by atoms with E-state index in [2.05, 4.69) is 36.5 Å². The molecule has 1 N–H and O–H groups in total. The Morgan fingerprint density at radius 2 is 2.05 bits per heavy atom. The number of benzene rings is 1. The average molecular weight is 274 g/mol. The van der Waals surface area contributed by atoms with Gasteiger partial charge in [0.05, 0.1) is 12.3 Å². The van der Waals surface area contributed by atoms with Crippen LogP contribution in [0.4, 0.5) is 0 Å². The van der Waals surface area contributed by atoms with Gasteiger partial charge in [-0.1, -0.05) is 24.2 Å². The minimum Gasteiger partial charge on any atom is -0.494 e. The summed E-state index contributed by atoms with van der Waals surface area (Å²) >= 11 is 0. The fourth-order valence-corrected chi connectivity index (χ4v) is 1.95. The largest absolute Gasteiger partial charge is 0.494 e. The van der Waals surface area contributed by atoms with E-state index >= 15 is 0 Å². The van der Waals surface area contributed by atoms with Crippen LogP contribution >= 0.6 is 0 Å². The van der Waals surface area contributed by atoms with E-state index in [1.165, 1.54) is 5.56 Å². The number of rotatable bonds is 7. The number of hydrogen-bond acceptors (Lipinski definition) is 4. The first-order valence-electron chi connectivity index (χ1n) is 7.07. The molecule has 0 spiro atoms.